The average molecular weight is 374 g/mol. The number of aliphatic hydroxyl groups excluding tert-OH is 1. The van der Waals surface area contributed by atoms with E-state index < -0.39 is 28.1 Å². The minimum Gasteiger partial charge on any atom is -0.373 e. The van der Waals surface area contributed by atoms with E-state index in [0.717, 1.165) is 0 Å². The van der Waals surface area contributed by atoms with E-state index in [0.29, 0.717) is 25.7 Å². The molecule has 7 heteroatoms. The van der Waals surface area contributed by atoms with Gasteiger partial charge in [0, 0.05) is 32.4 Å². The van der Waals surface area contributed by atoms with Crippen LogP contribution in [-0.4, -0.2) is 75.0 Å². The summed E-state index contributed by atoms with van der Waals surface area (Å²) in [6.07, 6.45) is 3.12. The Balaban J connectivity index is 1.75. The minimum atomic E-state index is -0.825. The third-order valence-electron chi connectivity index (χ3n) is 9.00. The van der Waals surface area contributed by atoms with Gasteiger partial charge >= 0.3 is 0 Å². The molecule has 5 heterocycles. The summed E-state index contributed by atoms with van der Waals surface area (Å²) in [5.74, 6) is -0.0905. The first-order valence-corrected chi connectivity index (χ1v) is 9.87. The second-order valence-corrected chi connectivity index (χ2v) is 10.0. The van der Waals surface area contributed by atoms with Crippen molar-refractivity contribution in [3.8, 4) is 0 Å². The molecule has 27 heavy (non-hydrogen) atoms. The fourth-order valence-electron chi connectivity index (χ4n) is 7.43. The number of carbonyl (C=O) groups is 3. The van der Waals surface area contributed by atoms with Crippen molar-refractivity contribution in [1.82, 2.24) is 14.7 Å². The van der Waals surface area contributed by atoms with E-state index in [1.165, 1.54) is 4.90 Å². The van der Waals surface area contributed by atoms with Crippen molar-refractivity contribution in [3.05, 3.63) is 6.42 Å². The standard InChI is InChI=1S/C20H28N3O4/c1-11-8-12(24)23-14-17(2,3)18(9-13(25)21(4)15(18)26)10-19(14)6-7-20(11,23)16(27)22(19)5/h6,11,13-14,25H,7-10H2,1-5H3/t11-,13+,14?,18-,19+,20+/m0/s1. The molecule has 3 spiro atoms. The van der Waals surface area contributed by atoms with Gasteiger partial charge in [-0.05, 0) is 25.2 Å². The summed E-state index contributed by atoms with van der Waals surface area (Å²) in [6.45, 7) is 6.09. The van der Waals surface area contributed by atoms with Crippen LogP contribution >= 0.6 is 0 Å². The summed E-state index contributed by atoms with van der Waals surface area (Å²) in [4.78, 5) is 45.0. The van der Waals surface area contributed by atoms with E-state index in [1.54, 1.807) is 7.05 Å². The third kappa shape index (κ3) is 1.46. The van der Waals surface area contributed by atoms with Crippen molar-refractivity contribution in [1.29, 1.82) is 0 Å². The summed E-state index contributed by atoms with van der Waals surface area (Å²) >= 11 is 0. The summed E-state index contributed by atoms with van der Waals surface area (Å²) in [6, 6.07) is -0.249. The number of fused-ring (bicyclic) bond motifs is 2. The van der Waals surface area contributed by atoms with Crippen molar-refractivity contribution in [2.24, 2.45) is 16.7 Å². The second kappa shape index (κ2) is 4.50. The molecule has 5 saturated heterocycles. The zero-order valence-electron chi connectivity index (χ0n) is 16.7. The van der Waals surface area contributed by atoms with Gasteiger partial charge in [0.05, 0.1) is 17.0 Å². The molecule has 0 aromatic carbocycles. The number of likely N-dealkylation sites (tertiary alicyclic amines) is 1. The smallest absolute Gasteiger partial charge is 0.249 e. The fourth-order valence-corrected chi connectivity index (χ4v) is 7.43. The van der Waals surface area contributed by atoms with Crippen LogP contribution in [0.1, 0.15) is 46.5 Å². The maximum absolute atomic E-state index is 13.5. The highest BCUT2D eigenvalue weighted by Gasteiger charge is 2.82. The topological polar surface area (TPSA) is 81.2 Å². The highest BCUT2D eigenvalue weighted by molar-refractivity contribution is 6.00. The Bertz CT molecular complexity index is 796. The van der Waals surface area contributed by atoms with Crippen LogP contribution in [0.2, 0.25) is 0 Å². The molecule has 6 rings (SSSR count). The molecule has 1 saturated carbocycles. The van der Waals surface area contributed by atoms with Gasteiger partial charge in [-0.1, -0.05) is 20.8 Å². The van der Waals surface area contributed by atoms with Crippen LogP contribution in [-0.2, 0) is 14.4 Å². The van der Waals surface area contributed by atoms with Crippen molar-refractivity contribution in [2.75, 3.05) is 14.1 Å². The lowest BCUT2D eigenvalue weighted by Crippen LogP contribution is -2.81. The highest BCUT2D eigenvalue weighted by Crippen LogP contribution is 2.71. The quantitative estimate of drug-likeness (QED) is 0.665. The Hall–Kier alpha value is -1.63. The molecule has 5 aliphatic heterocycles. The Morgan fingerprint density at radius 1 is 1.15 bits per heavy atom. The zero-order chi connectivity index (χ0) is 19.7. The molecule has 6 atom stereocenters. The summed E-state index contributed by atoms with van der Waals surface area (Å²) in [5, 5.41) is 10.5. The number of aliphatic hydroxyl groups is 1. The van der Waals surface area contributed by atoms with Crippen molar-refractivity contribution in [2.45, 2.75) is 69.8 Å². The third-order valence-corrected chi connectivity index (χ3v) is 9.00. The van der Waals surface area contributed by atoms with Crippen LogP contribution in [0.25, 0.3) is 0 Å². The van der Waals surface area contributed by atoms with Crippen LogP contribution in [0.4, 0.5) is 0 Å². The molecule has 7 nitrogen and oxygen atoms in total. The van der Waals surface area contributed by atoms with Crippen LogP contribution < -0.4 is 0 Å². The van der Waals surface area contributed by atoms with Crippen LogP contribution in [0.5, 0.6) is 0 Å². The minimum absolute atomic E-state index is 0.00630. The molecule has 1 unspecified atom stereocenters. The Morgan fingerprint density at radius 2 is 1.81 bits per heavy atom. The van der Waals surface area contributed by atoms with Gasteiger partial charge in [0.25, 0.3) is 0 Å². The second-order valence-electron chi connectivity index (χ2n) is 10.0. The van der Waals surface area contributed by atoms with E-state index in [9.17, 15) is 19.5 Å². The first-order chi connectivity index (χ1) is 12.5. The number of piperazine rings is 1. The van der Waals surface area contributed by atoms with E-state index in [-0.39, 0.29) is 29.7 Å². The van der Waals surface area contributed by atoms with Gasteiger partial charge in [0.15, 0.2) is 0 Å². The molecular weight excluding hydrogens is 346 g/mol. The first kappa shape index (κ1) is 17.5. The van der Waals surface area contributed by atoms with Gasteiger partial charge < -0.3 is 19.8 Å². The number of amides is 3. The molecule has 1 aliphatic carbocycles. The Kier molecular flexibility index (Phi) is 2.91. The molecule has 2 bridgehead atoms. The Morgan fingerprint density at radius 3 is 2.41 bits per heavy atom. The van der Waals surface area contributed by atoms with Gasteiger partial charge in [-0.15, -0.1) is 0 Å². The maximum atomic E-state index is 13.5. The molecule has 147 valence electrons. The zero-order valence-corrected chi connectivity index (χ0v) is 16.7. The van der Waals surface area contributed by atoms with Gasteiger partial charge in [0.2, 0.25) is 17.7 Å². The van der Waals surface area contributed by atoms with E-state index in [2.05, 4.69) is 6.42 Å². The molecule has 6 fully saturated rings. The lowest BCUT2D eigenvalue weighted by Gasteiger charge is -2.65. The number of hydrogen-bond acceptors (Lipinski definition) is 4. The lowest BCUT2D eigenvalue weighted by atomic mass is 9.61. The monoisotopic (exact) mass is 374 g/mol. The summed E-state index contributed by atoms with van der Waals surface area (Å²) in [7, 11) is 3.46. The number of carbonyl (C=O) groups excluding carboxylic acids is 3. The number of piperidine rings is 2. The summed E-state index contributed by atoms with van der Waals surface area (Å²) < 4.78 is 0. The molecule has 6 aliphatic rings. The van der Waals surface area contributed by atoms with E-state index >= 15 is 0 Å². The SMILES string of the molecule is C[C@H]1CC(=O)N2C3C(C)(C)[C@@]4(C[C@@H](O)N(C)C4=O)C[C@]34[CH]C[C@]12C(=O)N4C. The van der Waals surface area contributed by atoms with Gasteiger partial charge in [-0.2, -0.15) is 0 Å². The van der Waals surface area contributed by atoms with Crippen molar-refractivity contribution in [3.63, 3.8) is 0 Å². The molecule has 0 aromatic rings. The molecular formula is C20H28N3O4. The van der Waals surface area contributed by atoms with Gasteiger partial charge in [0.1, 0.15) is 11.8 Å². The first-order valence-electron chi connectivity index (χ1n) is 9.87. The lowest BCUT2D eigenvalue weighted by molar-refractivity contribution is -0.186. The number of nitrogens with zero attached hydrogens (tertiary/aromatic N) is 3. The maximum Gasteiger partial charge on any atom is 0.249 e. The predicted molar refractivity (Wildman–Crippen MR) is 95.8 cm³/mol. The normalized spacial score (nSPS) is 50.2. The van der Waals surface area contributed by atoms with Crippen LogP contribution in [0, 0.1) is 23.2 Å². The molecule has 1 N–H and O–H groups in total. The molecule has 1 radical (unpaired) electrons. The molecule has 3 amide bonds. The van der Waals surface area contributed by atoms with Gasteiger partial charge in [-0.3, -0.25) is 14.4 Å². The van der Waals surface area contributed by atoms with Gasteiger partial charge in [-0.25, -0.2) is 0 Å². The largest absolute Gasteiger partial charge is 0.373 e. The van der Waals surface area contributed by atoms with Crippen LogP contribution in [0.15, 0.2) is 0 Å². The van der Waals surface area contributed by atoms with E-state index in [1.807, 2.05) is 37.6 Å². The Labute approximate surface area is 159 Å². The van der Waals surface area contributed by atoms with Crippen molar-refractivity contribution < 1.29 is 19.5 Å². The number of rotatable bonds is 0. The van der Waals surface area contributed by atoms with E-state index in [4.69, 9.17) is 0 Å². The average Bonchev–Trinajstić information content (AvgIpc) is 3.07. The summed E-state index contributed by atoms with van der Waals surface area (Å²) in [5.41, 5.74) is -2.81. The predicted octanol–water partition coefficient (Wildman–Crippen LogP) is 0.378. The highest BCUT2D eigenvalue weighted by atomic mass is 16.3. The van der Waals surface area contributed by atoms with Crippen molar-refractivity contribution >= 4 is 17.7 Å². The fraction of sp³-hybridized carbons (Fsp3) is 0.800. The number of likely N-dealkylation sites (N-methyl/N-ethyl adjacent to an activating group) is 1. The molecule has 0 aromatic heterocycles. The number of hydrogen-bond donors (Lipinski definition) is 1. The van der Waals surface area contributed by atoms with Crippen LogP contribution in [0.3, 0.4) is 0 Å².